The minimum Gasteiger partial charge on any atom is -0.315 e. The molecule has 0 aliphatic rings. The van der Waals surface area contributed by atoms with Gasteiger partial charge >= 0.3 is 0 Å². The van der Waals surface area contributed by atoms with Crippen molar-refractivity contribution in [3.63, 3.8) is 0 Å². The minimum absolute atomic E-state index is 0.0580. The lowest BCUT2D eigenvalue weighted by Crippen LogP contribution is -2.20. The van der Waals surface area contributed by atoms with E-state index in [1.807, 2.05) is 0 Å². The van der Waals surface area contributed by atoms with Crippen molar-refractivity contribution < 1.29 is 4.92 Å². The molecule has 0 unspecified atom stereocenters. The van der Waals surface area contributed by atoms with Crippen LogP contribution in [0, 0.1) is 17.0 Å². The van der Waals surface area contributed by atoms with Crippen molar-refractivity contribution in [2.45, 2.75) is 6.92 Å². The Balaban J connectivity index is 2.26. The maximum atomic E-state index is 12.5. The molecule has 0 aliphatic carbocycles. The summed E-state index contributed by atoms with van der Waals surface area (Å²) < 4.78 is 2.67. The SMILES string of the molecule is Cc1c2c(=O)n(-c3ccc([N+](=O)[O-])cc3)[nH]c2cc(=O)n1C. The lowest BCUT2D eigenvalue weighted by Gasteiger charge is -2.01. The summed E-state index contributed by atoms with van der Waals surface area (Å²) in [5, 5.41) is 13.9. The summed E-state index contributed by atoms with van der Waals surface area (Å²) in [5.41, 5.74) is 0.867. The van der Waals surface area contributed by atoms with E-state index < -0.39 is 4.92 Å². The number of pyridine rings is 1. The van der Waals surface area contributed by atoms with E-state index in [9.17, 15) is 19.7 Å². The number of aryl methyl sites for hydroxylation is 1. The predicted octanol–water partition coefficient (Wildman–Crippen LogP) is 1.23. The number of hydrogen-bond donors (Lipinski definition) is 1. The molecular weight excluding hydrogens is 288 g/mol. The molecule has 0 atom stereocenters. The standard InChI is InChI=1S/C14H12N4O4/c1-8-13-11(7-12(19)16(8)2)15-17(14(13)20)9-3-5-10(6-4-9)18(21)22/h3-7,15H,1-2H3. The number of non-ortho nitro benzene ring substituents is 1. The second-order valence-corrected chi connectivity index (χ2v) is 4.94. The Morgan fingerprint density at radius 2 is 1.82 bits per heavy atom. The Bertz CT molecular complexity index is 1010. The smallest absolute Gasteiger partial charge is 0.280 e. The fourth-order valence-corrected chi connectivity index (χ4v) is 2.37. The zero-order chi connectivity index (χ0) is 16.0. The molecule has 3 aromatic rings. The summed E-state index contributed by atoms with van der Waals surface area (Å²) in [6, 6.07) is 6.94. The van der Waals surface area contributed by atoms with E-state index in [1.165, 1.54) is 39.6 Å². The van der Waals surface area contributed by atoms with E-state index in [1.54, 1.807) is 14.0 Å². The zero-order valence-corrected chi connectivity index (χ0v) is 11.9. The Kier molecular flexibility index (Phi) is 2.94. The van der Waals surface area contributed by atoms with Crippen molar-refractivity contribution in [3.05, 3.63) is 66.8 Å². The van der Waals surface area contributed by atoms with Crippen molar-refractivity contribution in [3.8, 4) is 5.69 Å². The molecule has 8 heteroatoms. The third-order valence-electron chi connectivity index (χ3n) is 3.70. The molecule has 8 nitrogen and oxygen atoms in total. The van der Waals surface area contributed by atoms with Crippen molar-refractivity contribution in [2.75, 3.05) is 0 Å². The van der Waals surface area contributed by atoms with Crippen LogP contribution in [0.25, 0.3) is 16.6 Å². The van der Waals surface area contributed by atoms with Gasteiger partial charge in [-0.2, -0.15) is 0 Å². The molecule has 1 aromatic carbocycles. The Hall–Kier alpha value is -3.16. The molecule has 0 fully saturated rings. The van der Waals surface area contributed by atoms with Crippen LogP contribution in [0.4, 0.5) is 5.69 Å². The highest BCUT2D eigenvalue weighted by Crippen LogP contribution is 2.16. The molecule has 112 valence electrons. The van der Waals surface area contributed by atoms with Crippen molar-refractivity contribution in [1.82, 2.24) is 14.3 Å². The topological polar surface area (TPSA) is 103 Å². The highest BCUT2D eigenvalue weighted by molar-refractivity contribution is 5.80. The molecule has 0 saturated heterocycles. The van der Waals surface area contributed by atoms with Crippen LogP contribution in [-0.2, 0) is 7.05 Å². The van der Waals surface area contributed by atoms with E-state index in [4.69, 9.17) is 0 Å². The number of rotatable bonds is 2. The van der Waals surface area contributed by atoms with Gasteiger partial charge in [-0.05, 0) is 19.1 Å². The maximum absolute atomic E-state index is 12.5. The monoisotopic (exact) mass is 300 g/mol. The Morgan fingerprint density at radius 1 is 1.18 bits per heavy atom. The van der Waals surface area contributed by atoms with E-state index in [-0.39, 0.29) is 16.8 Å². The number of aromatic nitrogens is 3. The van der Waals surface area contributed by atoms with Gasteiger partial charge in [0.15, 0.2) is 0 Å². The fourth-order valence-electron chi connectivity index (χ4n) is 2.37. The first kappa shape index (κ1) is 13.8. The summed E-state index contributed by atoms with van der Waals surface area (Å²) in [4.78, 5) is 34.5. The Labute approximate surface area is 123 Å². The lowest BCUT2D eigenvalue weighted by atomic mass is 10.2. The number of nitrogens with zero attached hydrogens (tertiary/aromatic N) is 3. The third-order valence-corrected chi connectivity index (χ3v) is 3.70. The van der Waals surface area contributed by atoms with E-state index in [0.717, 1.165) is 0 Å². The molecule has 0 aliphatic heterocycles. The van der Waals surface area contributed by atoms with Gasteiger partial charge in [-0.3, -0.25) is 24.8 Å². The summed E-state index contributed by atoms with van der Waals surface area (Å²) >= 11 is 0. The van der Waals surface area contributed by atoms with Gasteiger partial charge in [-0.25, -0.2) is 4.68 Å². The quantitative estimate of drug-likeness (QED) is 0.568. The maximum Gasteiger partial charge on any atom is 0.280 e. The first-order valence-electron chi connectivity index (χ1n) is 6.46. The van der Waals surface area contributed by atoms with Gasteiger partial charge in [0, 0.05) is 30.9 Å². The molecule has 0 bridgehead atoms. The highest BCUT2D eigenvalue weighted by Gasteiger charge is 2.14. The van der Waals surface area contributed by atoms with Crippen LogP contribution in [0.5, 0.6) is 0 Å². The van der Waals surface area contributed by atoms with Gasteiger partial charge in [-0.1, -0.05) is 0 Å². The molecule has 2 aromatic heterocycles. The Morgan fingerprint density at radius 3 is 2.41 bits per heavy atom. The molecule has 2 heterocycles. The predicted molar refractivity (Wildman–Crippen MR) is 80.5 cm³/mol. The zero-order valence-electron chi connectivity index (χ0n) is 11.9. The summed E-state index contributed by atoms with van der Waals surface area (Å²) in [6.45, 7) is 1.69. The first-order chi connectivity index (χ1) is 10.4. The third kappa shape index (κ3) is 1.93. The van der Waals surface area contributed by atoms with Gasteiger partial charge in [-0.15, -0.1) is 0 Å². The number of fused-ring (bicyclic) bond motifs is 1. The van der Waals surface area contributed by atoms with Crippen LogP contribution in [0.3, 0.4) is 0 Å². The van der Waals surface area contributed by atoms with E-state index >= 15 is 0 Å². The number of nitro benzene ring substituents is 1. The van der Waals surface area contributed by atoms with Gasteiger partial charge in [0.1, 0.15) is 0 Å². The number of nitro groups is 1. The molecule has 0 amide bonds. The van der Waals surface area contributed by atoms with Crippen LogP contribution in [-0.4, -0.2) is 19.3 Å². The van der Waals surface area contributed by atoms with Crippen LogP contribution >= 0.6 is 0 Å². The molecular formula is C14H12N4O4. The van der Waals surface area contributed by atoms with Gasteiger partial charge in [0.05, 0.1) is 21.5 Å². The summed E-state index contributed by atoms with van der Waals surface area (Å²) in [5.74, 6) is 0. The van der Waals surface area contributed by atoms with E-state index in [2.05, 4.69) is 5.10 Å². The number of nitrogens with one attached hydrogen (secondary N) is 1. The van der Waals surface area contributed by atoms with Crippen LogP contribution < -0.4 is 11.1 Å². The normalized spacial score (nSPS) is 11.0. The summed E-state index contributed by atoms with van der Waals surface area (Å²) in [7, 11) is 1.60. The second kappa shape index (κ2) is 4.69. The number of benzene rings is 1. The lowest BCUT2D eigenvalue weighted by molar-refractivity contribution is -0.384. The van der Waals surface area contributed by atoms with Crippen LogP contribution in [0.15, 0.2) is 39.9 Å². The van der Waals surface area contributed by atoms with Gasteiger partial charge in [0.2, 0.25) is 0 Å². The number of H-pyrrole nitrogens is 1. The fraction of sp³-hybridized carbons (Fsp3) is 0.143. The van der Waals surface area contributed by atoms with Crippen molar-refractivity contribution >= 4 is 16.6 Å². The second-order valence-electron chi connectivity index (χ2n) is 4.94. The van der Waals surface area contributed by atoms with Crippen molar-refractivity contribution in [1.29, 1.82) is 0 Å². The van der Waals surface area contributed by atoms with Crippen LogP contribution in [0.2, 0.25) is 0 Å². The van der Waals surface area contributed by atoms with Gasteiger partial charge < -0.3 is 4.57 Å². The molecule has 0 saturated carbocycles. The van der Waals surface area contributed by atoms with Crippen LogP contribution in [0.1, 0.15) is 5.69 Å². The summed E-state index contributed by atoms with van der Waals surface area (Å²) in [6.07, 6.45) is 0. The molecule has 0 radical (unpaired) electrons. The van der Waals surface area contributed by atoms with E-state index in [0.29, 0.717) is 22.3 Å². The molecule has 0 spiro atoms. The van der Waals surface area contributed by atoms with Gasteiger partial charge in [0.25, 0.3) is 16.8 Å². The van der Waals surface area contributed by atoms with Crippen molar-refractivity contribution in [2.24, 2.45) is 7.05 Å². The molecule has 1 N–H and O–H groups in total. The average Bonchev–Trinajstić information content (AvgIpc) is 2.82. The largest absolute Gasteiger partial charge is 0.315 e. The average molecular weight is 300 g/mol. The first-order valence-corrected chi connectivity index (χ1v) is 6.46. The molecule has 22 heavy (non-hydrogen) atoms. The highest BCUT2D eigenvalue weighted by atomic mass is 16.6. The number of hydrogen-bond acceptors (Lipinski definition) is 4. The molecule has 3 rings (SSSR count). The minimum atomic E-state index is -0.508. The number of aromatic amines is 1.